The van der Waals surface area contributed by atoms with Crippen LogP contribution in [0.4, 0.5) is 0 Å². The van der Waals surface area contributed by atoms with E-state index in [0.717, 1.165) is 18.4 Å². The maximum absolute atomic E-state index is 10.1. The number of aliphatic hydroxyl groups excluding tert-OH is 1. The van der Waals surface area contributed by atoms with Crippen LogP contribution < -0.4 is 0 Å². The fourth-order valence-electron chi connectivity index (χ4n) is 1.83. The van der Waals surface area contributed by atoms with Crippen LogP contribution in [0, 0.1) is 0 Å². The Bertz CT molecular complexity index is 409. The molecule has 1 unspecified atom stereocenters. The van der Waals surface area contributed by atoms with Crippen molar-refractivity contribution in [3.8, 4) is 0 Å². The Hall–Kier alpha value is -0.700. The minimum atomic E-state index is -0.673. The molecule has 0 aliphatic carbocycles. The molecule has 0 aromatic heterocycles. The van der Waals surface area contributed by atoms with E-state index in [-0.39, 0.29) is 0 Å². The van der Waals surface area contributed by atoms with Gasteiger partial charge in [0.25, 0.3) is 0 Å². The van der Waals surface area contributed by atoms with Gasteiger partial charge < -0.3 is 9.84 Å². The van der Waals surface area contributed by atoms with E-state index in [1.807, 2.05) is 6.08 Å². The van der Waals surface area contributed by atoms with Crippen molar-refractivity contribution in [1.29, 1.82) is 0 Å². The fourth-order valence-corrected chi connectivity index (χ4v) is 2.38. The number of benzene rings is 1. The molecule has 4 heteroatoms. The molecule has 0 fully saturated rings. The summed E-state index contributed by atoms with van der Waals surface area (Å²) < 4.78 is 5.42. The van der Waals surface area contributed by atoms with E-state index < -0.39 is 6.10 Å². The largest absolute Gasteiger partial charge is 0.495 e. The molecule has 1 aliphatic heterocycles. The monoisotopic (exact) mass is 272 g/mol. The van der Waals surface area contributed by atoms with Crippen LogP contribution >= 0.6 is 23.2 Å². The predicted octanol–water partition coefficient (Wildman–Crippen LogP) is 3.59. The van der Waals surface area contributed by atoms with Crippen molar-refractivity contribution in [3.63, 3.8) is 0 Å². The van der Waals surface area contributed by atoms with Crippen LogP contribution in [0.2, 0.25) is 10.0 Å². The first-order valence-electron chi connectivity index (χ1n) is 5.62. The van der Waals surface area contributed by atoms with Crippen molar-refractivity contribution in [2.45, 2.75) is 25.4 Å². The summed E-state index contributed by atoms with van der Waals surface area (Å²) in [7, 11) is 0. The summed E-state index contributed by atoms with van der Waals surface area (Å²) in [6.07, 6.45) is 3.59. The van der Waals surface area contributed by atoms with Gasteiger partial charge in [0, 0.05) is 16.5 Å². The third kappa shape index (κ3) is 3.15. The zero-order valence-electron chi connectivity index (χ0n) is 9.33. The van der Waals surface area contributed by atoms with Crippen LogP contribution in [0.3, 0.4) is 0 Å². The van der Waals surface area contributed by atoms with Gasteiger partial charge in [0.2, 0.25) is 0 Å². The molecule has 0 amide bonds. The Balaban J connectivity index is 2.12. The van der Waals surface area contributed by atoms with Gasteiger partial charge in [-0.25, -0.2) is 0 Å². The Morgan fingerprint density at radius 1 is 1.29 bits per heavy atom. The second kappa shape index (κ2) is 5.76. The second-order valence-electron chi connectivity index (χ2n) is 4.02. The zero-order valence-corrected chi connectivity index (χ0v) is 10.8. The molecule has 0 spiro atoms. The van der Waals surface area contributed by atoms with E-state index in [2.05, 4.69) is 0 Å². The number of ether oxygens (including phenoxy) is 1. The average Bonchev–Trinajstić information content (AvgIpc) is 2.35. The molecular weight excluding hydrogens is 259 g/mol. The van der Waals surface area contributed by atoms with E-state index in [1.165, 1.54) is 0 Å². The first kappa shape index (κ1) is 12.7. The molecule has 1 aromatic carbocycles. The van der Waals surface area contributed by atoms with Gasteiger partial charge >= 0.3 is 0 Å². The first-order valence-corrected chi connectivity index (χ1v) is 6.38. The van der Waals surface area contributed by atoms with E-state index in [4.69, 9.17) is 27.9 Å². The molecule has 1 atom stereocenters. The molecule has 0 bridgehead atoms. The lowest BCUT2D eigenvalue weighted by molar-refractivity contribution is 0.0918. The smallest absolute Gasteiger partial charge is 0.121 e. The van der Waals surface area contributed by atoms with Crippen LogP contribution in [0.5, 0.6) is 0 Å². The first-order chi connectivity index (χ1) is 8.18. The van der Waals surface area contributed by atoms with Gasteiger partial charge in [0.1, 0.15) is 11.9 Å². The van der Waals surface area contributed by atoms with Crippen molar-refractivity contribution >= 4 is 23.2 Å². The maximum Gasteiger partial charge on any atom is 0.121 e. The quantitative estimate of drug-likeness (QED) is 0.911. The van der Waals surface area contributed by atoms with Crippen LogP contribution in [0.25, 0.3) is 0 Å². The highest BCUT2D eigenvalue weighted by Gasteiger charge is 2.18. The van der Waals surface area contributed by atoms with E-state index >= 15 is 0 Å². The summed E-state index contributed by atoms with van der Waals surface area (Å²) in [5.74, 6) is 0.632. The van der Waals surface area contributed by atoms with Crippen molar-refractivity contribution < 1.29 is 9.84 Å². The number of aliphatic hydroxyl groups is 1. The van der Waals surface area contributed by atoms with Gasteiger partial charge in [-0.2, -0.15) is 0 Å². The van der Waals surface area contributed by atoms with Gasteiger partial charge in [-0.3, -0.25) is 0 Å². The van der Waals surface area contributed by atoms with Crippen LogP contribution in [-0.2, 0) is 11.2 Å². The molecule has 0 saturated heterocycles. The van der Waals surface area contributed by atoms with E-state index in [9.17, 15) is 5.11 Å². The number of hydrogen-bond donors (Lipinski definition) is 1. The topological polar surface area (TPSA) is 29.5 Å². The summed E-state index contributed by atoms with van der Waals surface area (Å²) in [6.45, 7) is 0.666. The number of rotatable bonds is 3. The minimum Gasteiger partial charge on any atom is -0.495 e. The average molecular weight is 273 g/mol. The predicted molar refractivity (Wildman–Crippen MR) is 69.4 cm³/mol. The number of hydrogen-bond acceptors (Lipinski definition) is 2. The molecule has 0 radical (unpaired) electrons. The summed E-state index contributed by atoms with van der Waals surface area (Å²) in [5.41, 5.74) is 0.762. The molecule has 2 rings (SSSR count). The summed E-state index contributed by atoms with van der Waals surface area (Å²) in [6, 6.07) is 5.33. The SMILES string of the molecule is OC(Cc1c(Cl)cccc1Cl)C1=CCCCO1. The molecule has 2 nitrogen and oxygen atoms in total. The highest BCUT2D eigenvalue weighted by atomic mass is 35.5. The van der Waals surface area contributed by atoms with Crippen molar-refractivity contribution in [2.24, 2.45) is 0 Å². The Morgan fingerprint density at radius 3 is 2.59 bits per heavy atom. The molecule has 92 valence electrons. The highest BCUT2D eigenvalue weighted by Crippen LogP contribution is 2.27. The molecule has 17 heavy (non-hydrogen) atoms. The van der Waals surface area contributed by atoms with Gasteiger partial charge in [-0.1, -0.05) is 29.3 Å². The van der Waals surface area contributed by atoms with Crippen LogP contribution in [0.15, 0.2) is 30.0 Å². The van der Waals surface area contributed by atoms with Crippen molar-refractivity contribution in [1.82, 2.24) is 0 Å². The lowest BCUT2D eigenvalue weighted by Crippen LogP contribution is -2.19. The molecular formula is C13H14Cl2O2. The minimum absolute atomic E-state index is 0.379. The maximum atomic E-state index is 10.1. The summed E-state index contributed by atoms with van der Waals surface area (Å²) in [4.78, 5) is 0. The fraction of sp³-hybridized carbons (Fsp3) is 0.385. The molecule has 1 aliphatic rings. The molecule has 0 saturated carbocycles. The van der Waals surface area contributed by atoms with Crippen LogP contribution in [-0.4, -0.2) is 17.8 Å². The third-order valence-corrected chi connectivity index (χ3v) is 3.46. The summed E-state index contributed by atoms with van der Waals surface area (Å²) >= 11 is 12.1. The lowest BCUT2D eigenvalue weighted by atomic mass is 10.0. The zero-order chi connectivity index (χ0) is 12.3. The Kier molecular flexibility index (Phi) is 4.32. The summed E-state index contributed by atoms with van der Waals surface area (Å²) in [5, 5.41) is 11.2. The Morgan fingerprint density at radius 2 is 2.00 bits per heavy atom. The third-order valence-electron chi connectivity index (χ3n) is 2.75. The van der Waals surface area contributed by atoms with E-state index in [1.54, 1.807) is 18.2 Å². The number of allylic oxidation sites excluding steroid dienone is 1. The van der Waals surface area contributed by atoms with Crippen LogP contribution in [0.1, 0.15) is 18.4 Å². The van der Waals surface area contributed by atoms with Crippen molar-refractivity contribution in [2.75, 3.05) is 6.61 Å². The molecule has 1 heterocycles. The lowest BCUT2D eigenvalue weighted by Gasteiger charge is -2.20. The van der Waals surface area contributed by atoms with E-state index in [0.29, 0.717) is 28.8 Å². The van der Waals surface area contributed by atoms with Gasteiger partial charge in [-0.05, 0) is 36.6 Å². The van der Waals surface area contributed by atoms with Crippen molar-refractivity contribution in [3.05, 3.63) is 45.6 Å². The molecule has 1 aromatic rings. The molecule has 1 N–H and O–H groups in total. The number of halogens is 2. The second-order valence-corrected chi connectivity index (χ2v) is 4.83. The Labute approximate surface area is 111 Å². The van der Waals surface area contributed by atoms with Gasteiger partial charge in [0.15, 0.2) is 0 Å². The van der Waals surface area contributed by atoms with Gasteiger partial charge in [0.05, 0.1) is 6.61 Å². The van der Waals surface area contributed by atoms with Gasteiger partial charge in [-0.15, -0.1) is 0 Å². The normalized spacial score (nSPS) is 17.2. The standard InChI is InChI=1S/C13H14Cl2O2/c14-10-4-3-5-11(15)9(10)8-12(16)13-6-1-2-7-17-13/h3-6,12,16H,1-2,7-8H2. The highest BCUT2D eigenvalue weighted by molar-refractivity contribution is 6.36.